The minimum absolute atomic E-state index is 0.0983. The molecule has 0 aliphatic carbocycles. The summed E-state index contributed by atoms with van der Waals surface area (Å²) in [6, 6.07) is 15.1. The summed E-state index contributed by atoms with van der Waals surface area (Å²) in [4.78, 5) is 21.6. The molecule has 4 rings (SSSR count). The first-order valence-corrected chi connectivity index (χ1v) is 8.24. The van der Waals surface area contributed by atoms with Crippen LogP contribution in [0.25, 0.3) is 0 Å². The Bertz CT molecular complexity index is 766. The zero-order valence-corrected chi connectivity index (χ0v) is 14.4. The van der Waals surface area contributed by atoms with E-state index >= 15 is 0 Å². The van der Waals surface area contributed by atoms with Gasteiger partial charge < -0.3 is 24.8 Å². The quantitative estimate of drug-likeness (QED) is 0.878. The average molecular weight is 356 g/mol. The molecule has 1 atom stereocenters. The molecule has 7 heteroatoms. The maximum atomic E-state index is 10.8. The van der Waals surface area contributed by atoms with Crippen molar-refractivity contribution in [2.24, 2.45) is 0 Å². The van der Waals surface area contributed by atoms with E-state index in [0.29, 0.717) is 31.1 Å². The average Bonchev–Trinajstić information content (AvgIpc) is 3.25. The van der Waals surface area contributed by atoms with Gasteiger partial charge in [0.1, 0.15) is 6.61 Å². The summed E-state index contributed by atoms with van der Waals surface area (Å²) in [6.45, 7) is 0.799. The number of rotatable bonds is 4. The van der Waals surface area contributed by atoms with Gasteiger partial charge in [0.25, 0.3) is 0 Å². The molecule has 0 spiro atoms. The molecule has 0 bridgehead atoms. The van der Waals surface area contributed by atoms with Crippen molar-refractivity contribution in [2.75, 3.05) is 25.6 Å². The van der Waals surface area contributed by atoms with Crippen LogP contribution >= 0.6 is 0 Å². The molecule has 1 saturated heterocycles. The molecule has 0 saturated carbocycles. The third kappa shape index (κ3) is 4.44. The fraction of sp³-hybridized carbons (Fsp3) is 0.263. The third-order valence-electron chi connectivity index (χ3n) is 3.88. The van der Waals surface area contributed by atoms with Gasteiger partial charge in [-0.05, 0) is 23.8 Å². The van der Waals surface area contributed by atoms with E-state index in [9.17, 15) is 9.59 Å². The second-order valence-electron chi connectivity index (χ2n) is 5.75. The van der Waals surface area contributed by atoms with Gasteiger partial charge in [0, 0.05) is 5.69 Å². The standard InChI is InChI=1S/C11H13NO4.C8H7NO/c1-14-9-4-2-3-5-10(9)15-7-8-6-12-11(13)16-8;10-8-5-6-3-1-2-4-7(6)9-8/h2-5,8H,6-7H2,1H3,(H,12,13);1-4H,5H2,(H,9,10). The van der Waals surface area contributed by atoms with Crippen LogP contribution in [-0.2, 0) is 16.0 Å². The lowest BCUT2D eigenvalue weighted by Gasteiger charge is -2.12. The molecule has 2 aliphatic heterocycles. The van der Waals surface area contributed by atoms with E-state index in [1.807, 2.05) is 48.5 Å². The number of carbonyl (C=O) groups is 2. The Morgan fingerprint density at radius 1 is 1.08 bits per heavy atom. The van der Waals surface area contributed by atoms with Crippen molar-refractivity contribution in [2.45, 2.75) is 12.5 Å². The summed E-state index contributed by atoms with van der Waals surface area (Å²) in [5, 5.41) is 5.32. The number of ether oxygens (including phenoxy) is 3. The van der Waals surface area contributed by atoms with Crippen LogP contribution in [0.1, 0.15) is 5.56 Å². The molecule has 2 aromatic carbocycles. The van der Waals surface area contributed by atoms with Gasteiger partial charge in [0.15, 0.2) is 17.6 Å². The van der Waals surface area contributed by atoms with Crippen molar-refractivity contribution >= 4 is 17.7 Å². The van der Waals surface area contributed by atoms with E-state index in [4.69, 9.17) is 14.2 Å². The number of para-hydroxylation sites is 3. The van der Waals surface area contributed by atoms with Crippen molar-refractivity contribution in [1.29, 1.82) is 0 Å². The largest absolute Gasteiger partial charge is 0.493 e. The fourth-order valence-electron chi connectivity index (χ4n) is 2.61. The highest BCUT2D eigenvalue weighted by Crippen LogP contribution is 2.26. The zero-order valence-electron chi connectivity index (χ0n) is 14.4. The first kappa shape index (κ1) is 17.6. The van der Waals surface area contributed by atoms with Crippen LogP contribution in [-0.4, -0.2) is 38.4 Å². The number of hydrogen-bond acceptors (Lipinski definition) is 5. The second-order valence-corrected chi connectivity index (χ2v) is 5.75. The lowest BCUT2D eigenvalue weighted by Crippen LogP contribution is -2.22. The summed E-state index contributed by atoms with van der Waals surface area (Å²) < 4.78 is 15.6. The Morgan fingerprint density at radius 3 is 2.50 bits per heavy atom. The topological polar surface area (TPSA) is 85.9 Å². The Balaban J connectivity index is 0.000000167. The van der Waals surface area contributed by atoms with Crippen LogP contribution in [0.2, 0.25) is 0 Å². The van der Waals surface area contributed by atoms with E-state index in [2.05, 4.69) is 10.6 Å². The summed E-state index contributed by atoms with van der Waals surface area (Å²) in [5.41, 5.74) is 2.07. The van der Waals surface area contributed by atoms with Crippen LogP contribution in [0.3, 0.4) is 0 Å². The maximum absolute atomic E-state index is 10.8. The number of cyclic esters (lactones) is 1. The number of benzene rings is 2. The minimum atomic E-state index is -0.395. The van der Waals surface area contributed by atoms with E-state index in [1.54, 1.807) is 7.11 Å². The minimum Gasteiger partial charge on any atom is -0.493 e. The molecule has 136 valence electrons. The fourth-order valence-corrected chi connectivity index (χ4v) is 2.61. The van der Waals surface area contributed by atoms with Crippen LogP contribution in [0.5, 0.6) is 11.5 Å². The molecular formula is C19H20N2O5. The van der Waals surface area contributed by atoms with Gasteiger partial charge >= 0.3 is 6.09 Å². The van der Waals surface area contributed by atoms with Crippen molar-refractivity contribution in [3.63, 3.8) is 0 Å². The van der Waals surface area contributed by atoms with E-state index < -0.39 is 6.09 Å². The lowest BCUT2D eigenvalue weighted by atomic mass is 10.2. The van der Waals surface area contributed by atoms with Crippen LogP contribution < -0.4 is 20.1 Å². The van der Waals surface area contributed by atoms with Crippen molar-refractivity contribution in [3.8, 4) is 11.5 Å². The van der Waals surface area contributed by atoms with Crippen molar-refractivity contribution in [3.05, 3.63) is 54.1 Å². The molecule has 7 nitrogen and oxygen atoms in total. The highest BCUT2D eigenvalue weighted by Gasteiger charge is 2.23. The molecule has 2 heterocycles. The van der Waals surface area contributed by atoms with Crippen molar-refractivity contribution < 1.29 is 23.8 Å². The summed E-state index contributed by atoms with van der Waals surface area (Å²) in [7, 11) is 1.58. The normalized spacial score (nSPS) is 17.2. The van der Waals surface area contributed by atoms with Gasteiger partial charge in [-0.1, -0.05) is 30.3 Å². The molecule has 1 unspecified atom stereocenters. The first-order chi connectivity index (χ1) is 12.7. The second kappa shape index (κ2) is 8.24. The van der Waals surface area contributed by atoms with Gasteiger partial charge in [0.2, 0.25) is 5.91 Å². The smallest absolute Gasteiger partial charge is 0.407 e. The molecule has 2 amide bonds. The number of methoxy groups -OCH3 is 1. The highest BCUT2D eigenvalue weighted by molar-refractivity contribution is 5.98. The van der Waals surface area contributed by atoms with Crippen molar-refractivity contribution in [1.82, 2.24) is 5.32 Å². The van der Waals surface area contributed by atoms with Gasteiger partial charge in [-0.2, -0.15) is 0 Å². The third-order valence-corrected chi connectivity index (χ3v) is 3.88. The van der Waals surface area contributed by atoms with Crippen LogP contribution in [0.15, 0.2) is 48.5 Å². The van der Waals surface area contributed by atoms with E-state index in [1.165, 1.54) is 0 Å². The molecule has 1 fully saturated rings. The Morgan fingerprint density at radius 2 is 1.81 bits per heavy atom. The van der Waals surface area contributed by atoms with E-state index in [0.717, 1.165) is 11.3 Å². The molecule has 0 radical (unpaired) electrons. The Hall–Kier alpha value is -3.22. The number of nitrogens with one attached hydrogen (secondary N) is 2. The van der Waals surface area contributed by atoms with Gasteiger partial charge in [0.05, 0.1) is 20.1 Å². The number of hydrogen-bond donors (Lipinski definition) is 2. The predicted molar refractivity (Wildman–Crippen MR) is 95.5 cm³/mol. The summed E-state index contributed by atoms with van der Waals surface area (Å²) >= 11 is 0. The molecule has 26 heavy (non-hydrogen) atoms. The lowest BCUT2D eigenvalue weighted by molar-refractivity contribution is -0.115. The van der Waals surface area contributed by atoms with E-state index in [-0.39, 0.29) is 12.0 Å². The molecule has 2 N–H and O–H groups in total. The zero-order chi connectivity index (χ0) is 18.4. The molecular weight excluding hydrogens is 336 g/mol. The predicted octanol–water partition coefficient (Wildman–Crippen LogP) is 2.36. The summed E-state index contributed by atoms with van der Waals surface area (Å²) in [6.07, 6.45) is -0.0954. The van der Waals surface area contributed by atoms with Gasteiger partial charge in [-0.15, -0.1) is 0 Å². The highest BCUT2D eigenvalue weighted by atomic mass is 16.6. The van der Waals surface area contributed by atoms with Gasteiger partial charge in [-0.3, -0.25) is 4.79 Å². The number of alkyl carbamates (subject to hydrolysis) is 1. The summed E-state index contributed by atoms with van der Waals surface area (Å²) in [5.74, 6) is 1.41. The maximum Gasteiger partial charge on any atom is 0.407 e. The van der Waals surface area contributed by atoms with Crippen LogP contribution in [0.4, 0.5) is 10.5 Å². The number of amides is 2. The SMILES string of the molecule is COc1ccccc1OCC1CNC(=O)O1.O=C1Cc2ccccc2N1. The van der Waals surface area contributed by atoms with Crippen LogP contribution in [0, 0.1) is 0 Å². The number of anilines is 1. The monoisotopic (exact) mass is 356 g/mol. The Labute approximate surface area is 151 Å². The molecule has 2 aliphatic rings. The number of carbonyl (C=O) groups excluding carboxylic acids is 2. The first-order valence-electron chi connectivity index (χ1n) is 8.24. The number of fused-ring (bicyclic) bond motifs is 1. The molecule has 0 aromatic heterocycles. The van der Waals surface area contributed by atoms with Gasteiger partial charge in [-0.25, -0.2) is 4.79 Å². The Kier molecular flexibility index (Phi) is 5.58. The molecule has 2 aromatic rings.